The normalized spacial score (nSPS) is 15.3. The van der Waals surface area contributed by atoms with Gasteiger partial charge in [0.1, 0.15) is 0 Å². The van der Waals surface area contributed by atoms with Gasteiger partial charge in [-0.25, -0.2) is 0 Å². The van der Waals surface area contributed by atoms with Gasteiger partial charge in [-0.1, -0.05) is 38.1 Å². The van der Waals surface area contributed by atoms with Gasteiger partial charge in [-0.15, -0.1) is 0 Å². The number of hydrogen-bond donors (Lipinski definition) is 1. The molecule has 0 atom stereocenters. The second-order valence-corrected chi connectivity index (χ2v) is 6.09. The molecule has 0 aromatic heterocycles. The first-order valence-corrected chi connectivity index (χ1v) is 7.71. The number of amides is 1. The first kappa shape index (κ1) is 15.0. The van der Waals surface area contributed by atoms with E-state index in [0.29, 0.717) is 5.91 Å². The lowest BCUT2D eigenvalue weighted by atomic mass is 10.1. The van der Waals surface area contributed by atoms with Gasteiger partial charge in [0, 0.05) is 26.1 Å². The molecule has 1 heterocycles. The van der Waals surface area contributed by atoms with Crippen LogP contribution < -0.4 is 5.32 Å². The van der Waals surface area contributed by atoms with Crippen molar-refractivity contribution in [1.82, 2.24) is 10.2 Å². The fourth-order valence-electron chi connectivity index (χ4n) is 2.48. The van der Waals surface area contributed by atoms with Crippen molar-refractivity contribution >= 4 is 5.91 Å². The lowest BCUT2D eigenvalue weighted by molar-refractivity contribution is -0.128. The summed E-state index contributed by atoms with van der Waals surface area (Å²) >= 11 is 0. The van der Waals surface area contributed by atoms with Crippen molar-refractivity contribution < 1.29 is 4.79 Å². The number of nitrogens with zero attached hydrogens (tertiary/aromatic N) is 1. The molecule has 0 aliphatic carbocycles. The Kier molecular flexibility index (Phi) is 5.60. The second-order valence-electron chi connectivity index (χ2n) is 6.09. The highest BCUT2D eigenvalue weighted by molar-refractivity contribution is 5.78. The minimum absolute atomic E-state index is 0.296. The first-order valence-electron chi connectivity index (χ1n) is 7.71. The molecule has 0 saturated carbocycles. The van der Waals surface area contributed by atoms with Crippen molar-refractivity contribution in [2.24, 2.45) is 5.92 Å². The first-order chi connectivity index (χ1) is 9.65. The monoisotopic (exact) mass is 274 g/mol. The van der Waals surface area contributed by atoms with Crippen LogP contribution in [0.4, 0.5) is 0 Å². The number of carbonyl (C=O) groups excluding carboxylic acids is 1. The average Bonchev–Trinajstić information content (AvgIpc) is 2.82. The van der Waals surface area contributed by atoms with Crippen molar-refractivity contribution in [3.05, 3.63) is 35.4 Å². The Morgan fingerprint density at radius 2 is 1.90 bits per heavy atom. The Hall–Kier alpha value is -1.35. The quantitative estimate of drug-likeness (QED) is 0.775. The van der Waals surface area contributed by atoms with Gasteiger partial charge in [0.25, 0.3) is 0 Å². The van der Waals surface area contributed by atoms with Crippen LogP contribution in [-0.2, 0) is 17.9 Å². The number of hydrogen-bond acceptors (Lipinski definition) is 2. The van der Waals surface area contributed by atoms with Crippen LogP contribution in [-0.4, -0.2) is 23.9 Å². The summed E-state index contributed by atoms with van der Waals surface area (Å²) in [5.74, 6) is 1.05. The minimum Gasteiger partial charge on any atom is -0.338 e. The molecule has 1 fully saturated rings. The third-order valence-electron chi connectivity index (χ3n) is 3.80. The Balaban J connectivity index is 1.76. The molecule has 3 nitrogen and oxygen atoms in total. The van der Waals surface area contributed by atoms with Gasteiger partial charge in [-0.2, -0.15) is 0 Å². The molecule has 1 N–H and O–H groups in total. The Labute approximate surface area is 122 Å². The van der Waals surface area contributed by atoms with Gasteiger partial charge in [0.2, 0.25) is 5.91 Å². The molecule has 1 saturated heterocycles. The third kappa shape index (κ3) is 4.64. The van der Waals surface area contributed by atoms with Gasteiger partial charge < -0.3 is 10.2 Å². The van der Waals surface area contributed by atoms with Gasteiger partial charge in [-0.3, -0.25) is 4.79 Å². The van der Waals surface area contributed by atoms with E-state index in [1.165, 1.54) is 17.5 Å². The summed E-state index contributed by atoms with van der Waals surface area (Å²) in [6, 6.07) is 8.62. The van der Waals surface area contributed by atoms with Gasteiger partial charge in [0.15, 0.2) is 0 Å². The highest BCUT2D eigenvalue weighted by Gasteiger charge is 2.19. The summed E-state index contributed by atoms with van der Waals surface area (Å²) in [7, 11) is 0. The molecule has 0 bridgehead atoms. The van der Waals surface area contributed by atoms with Crippen LogP contribution >= 0.6 is 0 Å². The van der Waals surface area contributed by atoms with Crippen LogP contribution in [0.1, 0.15) is 44.2 Å². The van der Waals surface area contributed by atoms with E-state index in [9.17, 15) is 4.79 Å². The summed E-state index contributed by atoms with van der Waals surface area (Å²) in [5, 5.41) is 3.47. The van der Waals surface area contributed by atoms with Crippen LogP contribution in [0.15, 0.2) is 24.3 Å². The fraction of sp³-hybridized carbons (Fsp3) is 0.588. The third-order valence-corrected chi connectivity index (χ3v) is 3.80. The van der Waals surface area contributed by atoms with E-state index in [1.54, 1.807) is 0 Å². The minimum atomic E-state index is 0.296. The predicted octanol–water partition coefficient (Wildman–Crippen LogP) is 2.94. The zero-order chi connectivity index (χ0) is 14.4. The Morgan fingerprint density at radius 1 is 1.20 bits per heavy atom. The van der Waals surface area contributed by atoms with Gasteiger partial charge in [0.05, 0.1) is 0 Å². The zero-order valence-electron chi connectivity index (χ0n) is 12.7. The molecule has 0 unspecified atom stereocenters. The summed E-state index contributed by atoms with van der Waals surface area (Å²) in [4.78, 5) is 13.5. The Bertz CT molecular complexity index is 425. The van der Waals surface area contributed by atoms with Crippen LogP contribution in [0.25, 0.3) is 0 Å². The average molecular weight is 274 g/mol. The molecular weight excluding hydrogens is 248 g/mol. The van der Waals surface area contributed by atoms with Crippen molar-refractivity contribution in [3.63, 3.8) is 0 Å². The molecular formula is C17H26N2O. The molecule has 0 radical (unpaired) electrons. The van der Waals surface area contributed by atoms with Crippen molar-refractivity contribution in [2.75, 3.05) is 13.1 Å². The predicted molar refractivity (Wildman–Crippen MR) is 82.3 cm³/mol. The van der Waals surface area contributed by atoms with E-state index in [2.05, 4.69) is 43.4 Å². The van der Waals surface area contributed by atoms with E-state index in [4.69, 9.17) is 0 Å². The largest absolute Gasteiger partial charge is 0.338 e. The molecule has 20 heavy (non-hydrogen) atoms. The maximum absolute atomic E-state index is 11.6. The standard InChI is InChI=1S/C17H26N2O/c1-14(2)9-10-18-12-15-5-7-16(8-6-15)13-19-11-3-4-17(19)20/h5-8,14,18H,3-4,9-13H2,1-2H3. The molecule has 3 heteroatoms. The number of nitrogens with one attached hydrogen (secondary N) is 1. The van der Waals surface area contributed by atoms with E-state index in [1.807, 2.05) is 4.90 Å². The van der Waals surface area contributed by atoms with Crippen molar-refractivity contribution in [1.29, 1.82) is 0 Å². The highest BCUT2D eigenvalue weighted by atomic mass is 16.2. The van der Waals surface area contributed by atoms with E-state index >= 15 is 0 Å². The van der Waals surface area contributed by atoms with Crippen molar-refractivity contribution in [2.45, 2.75) is 46.2 Å². The molecule has 0 spiro atoms. The molecule has 110 valence electrons. The Morgan fingerprint density at radius 3 is 2.50 bits per heavy atom. The van der Waals surface area contributed by atoms with Crippen molar-refractivity contribution in [3.8, 4) is 0 Å². The molecule has 2 rings (SSSR count). The molecule has 1 amide bonds. The molecule has 1 aliphatic rings. The molecule has 1 aromatic carbocycles. The van der Waals surface area contributed by atoms with Gasteiger partial charge >= 0.3 is 0 Å². The summed E-state index contributed by atoms with van der Waals surface area (Å²) < 4.78 is 0. The molecule has 1 aromatic rings. The van der Waals surface area contributed by atoms with Crippen LogP contribution in [0.2, 0.25) is 0 Å². The second kappa shape index (κ2) is 7.44. The summed E-state index contributed by atoms with van der Waals surface area (Å²) in [6.45, 7) is 8.17. The number of rotatable bonds is 7. The fourth-order valence-corrected chi connectivity index (χ4v) is 2.48. The maximum Gasteiger partial charge on any atom is 0.222 e. The summed E-state index contributed by atoms with van der Waals surface area (Å²) in [5.41, 5.74) is 2.54. The smallest absolute Gasteiger partial charge is 0.222 e. The SMILES string of the molecule is CC(C)CCNCc1ccc(CN2CCCC2=O)cc1. The highest BCUT2D eigenvalue weighted by Crippen LogP contribution is 2.14. The number of likely N-dealkylation sites (tertiary alicyclic amines) is 1. The lowest BCUT2D eigenvalue weighted by Gasteiger charge is -2.15. The van der Waals surface area contributed by atoms with E-state index in [-0.39, 0.29) is 0 Å². The van der Waals surface area contributed by atoms with E-state index in [0.717, 1.165) is 44.9 Å². The van der Waals surface area contributed by atoms with Crippen LogP contribution in [0.3, 0.4) is 0 Å². The van der Waals surface area contributed by atoms with E-state index < -0.39 is 0 Å². The van der Waals surface area contributed by atoms with Crippen LogP contribution in [0.5, 0.6) is 0 Å². The summed E-state index contributed by atoms with van der Waals surface area (Å²) in [6.07, 6.45) is 2.95. The number of benzene rings is 1. The maximum atomic E-state index is 11.6. The topological polar surface area (TPSA) is 32.3 Å². The van der Waals surface area contributed by atoms with Crippen LogP contribution in [0, 0.1) is 5.92 Å². The lowest BCUT2D eigenvalue weighted by Crippen LogP contribution is -2.23. The number of carbonyl (C=O) groups is 1. The molecule has 1 aliphatic heterocycles. The zero-order valence-corrected chi connectivity index (χ0v) is 12.7. The van der Waals surface area contributed by atoms with Gasteiger partial charge in [-0.05, 0) is 36.4 Å².